The molecule has 0 aliphatic carbocycles. The van der Waals surface area contributed by atoms with Crippen LogP contribution in [0.25, 0.3) is 0 Å². The number of hydrogen-bond donors (Lipinski definition) is 3. The first-order chi connectivity index (χ1) is 9.26. The molecule has 0 saturated heterocycles. The zero-order valence-electron chi connectivity index (χ0n) is 12.8. The lowest BCUT2D eigenvalue weighted by atomic mass is 10.2. The first-order valence-electron chi connectivity index (χ1n) is 6.62. The standard InChI is InChI=1S/C14H25N3O2S/c1-9(11(8-18)20-5)16-12-7-6-10(15)13(17-12)19-14(2,3)4/h6-7,9,11,18H,8,15H2,1-5H3,(H,16,17). The highest BCUT2D eigenvalue weighted by atomic mass is 32.2. The first-order valence-corrected chi connectivity index (χ1v) is 7.91. The van der Waals surface area contributed by atoms with Crippen molar-refractivity contribution >= 4 is 23.3 Å². The summed E-state index contributed by atoms with van der Waals surface area (Å²) in [6.45, 7) is 7.99. The van der Waals surface area contributed by atoms with Gasteiger partial charge in [0.05, 0.1) is 12.3 Å². The van der Waals surface area contributed by atoms with Gasteiger partial charge in [0.2, 0.25) is 5.88 Å². The lowest BCUT2D eigenvalue weighted by Gasteiger charge is -2.24. The third-order valence-corrected chi connectivity index (χ3v) is 3.87. The molecule has 1 aromatic rings. The smallest absolute Gasteiger partial charge is 0.239 e. The van der Waals surface area contributed by atoms with E-state index in [4.69, 9.17) is 10.5 Å². The van der Waals surface area contributed by atoms with Crippen molar-refractivity contribution in [2.75, 3.05) is 23.9 Å². The van der Waals surface area contributed by atoms with Crippen LogP contribution in [0, 0.1) is 0 Å². The van der Waals surface area contributed by atoms with Gasteiger partial charge in [0.1, 0.15) is 11.4 Å². The minimum Gasteiger partial charge on any atom is -0.470 e. The Balaban J connectivity index is 2.84. The van der Waals surface area contributed by atoms with E-state index in [1.165, 1.54) is 0 Å². The maximum atomic E-state index is 9.30. The molecule has 5 nitrogen and oxygen atoms in total. The highest BCUT2D eigenvalue weighted by Gasteiger charge is 2.18. The monoisotopic (exact) mass is 299 g/mol. The van der Waals surface area contributed by atoms with Crippen molar-refractivity contribution < 1.29 is 9.84 Å². The average Bonchev–Trinajstić information content (AvgIpc) is 2.33. The van der Waals surface area contributed by atoms with E-state index in [-0.39, 0.29) is 23.5 Å². The number of pyridine rings is 1. The molecule has 4 N–H and O–H groups in total. The summed E-state index contributed by atoms with van der Waals surface area (Å²) in [5.74, 6) is 1.12. The van der Waals surface area contributed by atoms with E-state index in [2.05, 4.69) is 10.3 Å². The van der Waals surface area contributed by atoms with Crippen LogP contribution in [-0.4, -0.2) is 39.8 Å². The zero-order chi connectivity index (χ0) is 15.3. The molecular weight excluding hydrogens is 274 g/mol. The van der Waals surface area contributed by atoms with Gasteiger partial charge in [0, 0.05) is 11.3 Å². The molecule has 0 fully saturated rings. The second-order valence-electron chi connectivity index (χ2n) is 5.70. The quantitative estimate of drug-likeness (QED) is 0.748. The van der Waals surface area contributed by atoms with Gasteiger partial charge in [-0.25, -0.2) is 0 Å². The molecule has 1 rings (SSSR count). The molecule has 6 heteroatoms. The van der Waals surface area contributed by atoms with Crippen LogP contribution in [0.1, 0.15) is 27.7 Å². The molecule has 1 heterocycles. The first kappa shape index (κ1) is 16.9. The van der Waals surface area contributed by atoms with Crippen molar-refractivity contribution in [2.45, 2.75) is 44.6 Å². The molecule has 0 bridgehead atoms. The Morgan fingerprint density at radius 3 is 2.60 bits per heavy atom. The second kappa shape index (κ2) is 7.04. The number of rotatable bonds is 6. The molecule has 2 unspecified atom stereocenters. The molecule has 0 spiro atoms. The van der Waals surface area contributed by atoms with Crippen molar-refractivity contribution in [2.24, 2.45) is 0 Å². The van der Waals surface area contributed by atoms with Crippen molar-refractivity contribution in [1.82, 2.24) is 4.98 Å². The summed E-state index contributed by atoms with van der Waals surface area (Å²) in [6.07, 6.45) is 1.98. The number of anilines is 2. The van der Waals surface area contributed by atoms with Crippen LogP contribution in [0.15, 0.2) is 12.1 Å². The summed E-state index contributed by atoms with van der Waals surface area (Å²) < 4.78 is 5.74. The Bertz CT molecular complexity index is 431. The molecule has 20 heavy (non-hydrogen) atoms. The molecule has 114 valence electrons. The van der Waals surface area contributed by atoms with E-state index in [1.807, 2.05) is 40.0 Å². The predicted octanol–water partition coefficient (Wildman–Crippen LogP) is 2.37. The van der Waals surface area contributed by atoms with Crippen LogP contribution in [0.2, 0.25) is 0 Å². The van der Waals surface area contributed by atoms with Crippen molar-refractivity contribution in [3.05, 3.63) is 12.1 Å². The van der Waals surface area contributed by atoms with E-state index in [0.29, 0.717) is 17.4 Å². The number of thioether (sulfide) groups is 1. The number of nitrogens with zero attached hydrogens (tertiary/aromatic N) is 1. The summed E-state index contributed by atoms with van der Waals surface area (Å²) in [5.41, 5.74) is 6.05. The minimum absolute atomic E-state index is 0.0913. The zero-order valence-corrected chi connectivity index (χ0v) is 13.6. The number of nitrogens with two attached hydrogens (primary N) is 1. The van der Waals surface area contributed by atoms with Crippen molar-refractivity contribution in [3.8, 4) is 5.88 Å². The van der Waals surface area contributed by atoms with E-state index < -0.39 is 0 Å². The molecule has 1 aromatic heterocycles. The number of aromatic nitrogens is 1. The van der Waals surface area contributed by atoms with E-state index in [1.54, 1.807) is 17.8 Å². The molecule has 2 atom stereocenters. The summed E-state index contributed by atoms with van der Waals surface area (Å²) in [5, 5.41) is 12.7. The van der Waals surface area contributed by atoms with Gasteiger partial charge < -0.3 is 20.9 Å². The highest BCUT2D eigenvalue weighted by Crippen LogP contribution is 2.25. The van der Waals surface area contributed by atoms with Crippen molar-refractivity contribution in [1.29, 1.82) is 0 Å². The SMILES string of the molecule is CSC(CO)C(C)Nc1ccc(N)c(OC(C)(C)C)n1. The lowest BCUT2D eigenvalue weighted by Crippen LogP contribution is -2.31. The maximum absolute atomic E-state index is 9.30. The van der Waals surface area contributed by atoms with Crippen LogP contribution < -0.4 is 15.8 Å². The molecule has 0 amide bonds. The number of aliphatic hydroxyl groups excluding tert-OH is 1. The Morgan fingerprint density at radius 1 is 1.45 bits per heavy atom. The number of nitrogens with one attached hydrogen (secondary N) is 1. The van der Waals surface area contributed by atoms with Gasteiger partial charge in [-0.1, -0.05) is 0 Å². The molecular formula is C14H25N3O2S. The second-order valence-corrected chi connectivity index (χ2v) is 6.77. The topological polar surface area (TPSA) is 80.4 Å². The van der Waals surface area contributed by atoms with Crippen LogP contribution in [0.3, 0.4) is 0 Å². The Morgan fingerprint density at radius 2 is 2.10 bits per heavy atom. The largest absolute Gasteiger partial charge is 0.470 e. The van der Waals surface area contributed by atoms with E-state index >= 15 is 0 Å². The lowest BCUT2D eigenvalue weighted by molar-refractivity contribution is 0.125. The predicted molar refractivity (Wildman–Crippen MR) is 86.5 cm³/mol. The highest BCUT2D eigenvalue weighted by molar-refractivity contribution is 7.99. The fraction of sp³-hybridized carbons (Fsp3) is 0.643. The maximum Gasteiger partial charge on any atom is 0.239 e. The minimum atomic E-state index is -0.349. The number of nitrogen functional groups attached to an aromatic ring is 1. The number of ether oxygens (including phenoxy) is 1. The number of hydrogen-bond acceptors (Lipinski definition) is 6. The van der Waals surface area contributed by atoms with Crippen LogP contribution in [-0.2, 0) is 0 Å². The third kappa shape index (κ3) is 5.09. The van der Waals surface area contributed by atoms with E-state index in [9.17, 15) is 5.11 Å². The molecule has 0 saturated carbocycles. The van der Waals surface area contributed by atoms with Gasteiger partial charge >= 0.3 is 0 Å². The fourth-order valence-corrected chi connectivity index (χ4v) is 2.29. The summed E-state index contributed by atoms with van der Waals surface area (Å²) in [6, 6.07) is 3.68. The molecule has 0 aliphatic rings. The summed E-state index contributed by atoms with van der Waals surface area (Å²) in [7, 11) is 0. The van der Waals surface area contributed by atoms with Gasteiger partial charge in [-0.2, -0.15) is 16.7 Å². The van der Waals surface area contributed by atoms with Crippen molar-refractivity contribution in [3.63, 3.8) is 0 Å². The van der Waals surface area contributed by atoms with E-state index in [0.717, 1.165) is 0 Å². The molecule has 0 radical (unpaired) electrons. The Hall–Kier alpha value is -1.14. The normalized spacial score (nSPS) is 14.7. The van der Waals surface area contributed by atoms with Gasteiger partial charge in [0.25, 0.3) is 0 Å². The summed E-state index contributed by atoms with van der Waals surface area (Å²) >= 11 is 1.62. The van der Waals surface area contributed by atoms with Crippen LogP contribution >= 0.6 is 11.8 Å². The summed E-state index contributed by atoms with van der Waals surface area (Å²) in [4.78, 5) is 4.40. The third-order valence-electron chi connectivity index (χ3n) is 2.71. The van der Waals surface area contributed by atoms with Gasteiger partial charge in [0.15, 0.2) is 0 Å². The number of aliphatic hydroxyl groups is 1. The molecule has 0 aliphatic heterocycles. The van der Waals surface area contributed by atoms with Gasteiger partial charge in [-0.3, -0.25) is 0 Å². The molecule has 0 aromatic carbocycles. The Kier molecular flexibility index (Phi) is 5.95. The fourth-order valence-electron chi connectivity index (χ4n) is 1.67. The average molecular weight is 299 g/mol. The van der Waals surface area contributed by atoms with Crippen LogP contribution in [0.4, 0.5) is 11.5 Å². The van der Waals surface area contributed by atoms with Gasteiger partial charge in [-0.15, -0.1) is 0 Å². The van der Waals surface area contributed by atoms with Crippen LogP contribution in [0.5, 0.6) is 5.88 Å². The van der Waals surface area contributed by atoms with Gasteiger partial charge in [-0.05, 0) is 46.1 Å². The Labute approximate surface area is 125 Å².